The molecule has 0 fully saturated rings. The van der Waals surface area contributed by atoms with Gasteiger partial charge in [-0.25, -0.2) is 8.42 Å². The summed E-state index contributed by atoms with van der Waals surface area (Å²) < 4.78 is 44.4. The minimum absolute atomic E-state index is 0.218. The van der Waals surface area contributed by atoms with E-state index >= 15 is 0 Å². The van der Waals surface area contributed by atoms with E-state index in [-0.39, 0.29) is 21.8 Å². The van der Waals surface area contributed by atoms with Crippen LogP contribution in [0, 0.1) is 0 Å². The second kappa shape index (κ2) is 10.8. The van der Waals surface area contributed by atoms with E-state index in [1.54, 1.807) is 38.5 Å². The van der Waals surface area contributed by atoms with E-state index in [4.69, 9.17) is 14.2 Å². The molecule has 9 nitrogen and oxygen atoms in total. The Balaban J connectivity index is 1.84. The molecule has 0 aromatic heterocycles. The maximum atomic E-state index is 13.1. The Labute approximate surface area is 198 Å². The van der Waals surface area contributed by atoms with Gasteiger partial charge in [-0.2, -0.15) is 0 Å². The van der Waals surface area contributed by atoms with Gasteiger partial charge in [0, 0.05) is 12.6 Å². The first kappa shape index (κ1) is 24.7. The Kier molecular flexibility index (Phi) is 7.85. The molecule has 3 rings (SSSR count). The number of anilines is 2. The molecule has 0 bridgehead atoms. The average Bonchev–Trinajstić information content (AvgIpc) is 2.83. The summed E-state index contributed by atoms with van der Waals surface area (Å²) >= 11 is 0. The van der Waals surface area contributed by atoms with Crippen LogP contribution in [0.1, 0.15) is 15.9 Å². The highest BCUT2D eigenvalue weighted by atomic mass is 32.2. The number of nitrogens with one attached hydrogen (secondary N) is 2. The van der Waals surface area contributed by atoms with Crippen LogP contribution in [0.25, 0.3) is 0 Å². The maximum absolute atomic E-state index is 13.1. The summed E-state index contributed by atoms with van der Waals surface area (Å²) in [6.07, 6.45) is 0.547. The molecule has 0 aliphatic carbocycles. The minimum Gasteiger partial charge on any atom is -0.545 e. The van der Waals surface area contributed by atoms with E-state index in [0.717, 1.165) is 11.6 Å². The Bertz CT molecular complexity index is 1280. The number of aromatic carboxylic acids is 1. The molecular weight excluding hydrogens is 460 g/mol. The zero-order valence-electron chi connectivity index (χ0n) is 19.0. The van der Waals surface area contributed by atoms with Crippen molar-refractivity contribution in [3.8, 4) is 17.2 Å². The molecule has 0 saturated carbocycles. The second-order valence-electron chi connectivity index (χ2n) is 7.20. The lowest BCUT2D eigenvalue weighted by molar-refractivity contribution is -0.255. The monoisotopic (exact) mass is 485 g/mol. The molecule has 0 aliphatic rings. The molecule has 0 heterocycles. The van der Waals surface area contributed by atoms with Crippen molar-refractivity contribution in [3.05, 3.63) is 71.8 Å². The number of methoxy groups -OCH3 is 3. The van der Waals surface area contributed by atoms with Crippen LogP contribution in [-0.4, -0.2) is 42.3 Å². The standard InChI is InChI=1S/C24H26N2O7S/c1-31-19-6-4-5-18(15-19)26-34(29,30)23-14-17(24(27)28)8-9-20(23)25-12-11-16-7-10-21(32-2)22(13-16)33-3/h4-10,13-15,25-26H,11-12H2,1-3H3,(H,27,28)/p-1. The highest BCUT2D eigenvalue weighted by molar-refractivity contribution is 7.92. The Morgan fingerprint density at radius 3 is 2.35 bits per heavy atom. The molecule has 34 heavy (non-hydrogen) atoms. The van der Waals surface area contributed by atoms with Crippen molar-refractivity contribution in [3.63, 3.8) is 0 Å². The Morgan fingerprint density at radius 2 is 1.68 bits per heavy atom. The van der Waals surface area contributed by atoms with Gasteiger partial charge in [0.1, 0.15) is 10.6 Å². The predicted molar refractivity (Wildman–Crippen MR) is 126 cm³/mol. The van der Waals surface area contributed by atoms with E-state index in [2.05, 4.69) is 10.0 Å². The summed E-state index contributed by atoms with van der Waals surface area (Å²) in [6, 6.07) is 15.7. The number of sulfonamides is 1. The molecule has 0 aliphatic heterocycles. The number of carbonyl (C=O) groups excluding carboxylic acids is 1. The van der Waals surface area contributed by atoms with Crippen molar-refractivity contribution in [2.45, 2.75) is 11.3 Å². The summed E-state index contributed by atoms with van der Waals surface area (Å²) in [4.78, 5) is 11.1. The molecule has 0 radical (unpaired) electrons. The highest BCUT2D eigenvalue weighted by Crippen LogP contribution is 2.29. The Hall–Kier alpha value is -3.92. The third-order valence-corrected chi connectivity index (χ3v) is 6.43. The van der Waals surface area contributed by atoms with Crippen LogP contribution in [0.3, 0.4) is 0 Å². The molecule has 0 atom stereocenters. The summed E-state index contributed by atoms with van der Waals surface area (Å²) in [6.45, 7) is 0.377. The van der Waals surface area contributed by atoms with Crippen LogP contribution in [0.15, 0.2) is 65.6 Å². The molecule has 0 saturated heterocycles. The van der Waals surface area contributed by atoms with Crippen LogP contribution in [0.5, 0.6) is 17.2 Å². The quantitative estimate of drug-likeness (QED) is 0.424. The first-order valence-corrected chi connectivity index (χ1v) is 11.7. The van der Waals surface area contributed by atoms with Gasteiger partial charge in [-0.3, -0.25) is 4.72 Å². The first-order chi connectivity index (χ1) is 16.3. The second-order valence-corrected chi connectivity index (χ2v) is 8.85. The summed E-state index contributed by atoms with van der Waals surface area (Å²) in [7, 11) is 0.434. The fourth-order valence-corrected chi connectivity index (χ4v) is 4.55. The van der Waals surface area contributed by atoms with Crippen LogP contribution >= 0.6 is 0 Å². The molecule has 10 heteroatoms. The van der Waals surface area contributed by atoms with Crippen LogP contribution < -0.4 is 29.4 Å². The van der Waals surface area contributed by atoms with Gasteiger partial charge < -0.3 is 29.4 Å². The predicted octanol–water partition coefficient (Wildman–Crippen LogP) is 2.53. The maximum Gasteiger partial charge on any atom is 0.263 e. The largest absolute Gasteiger partial charge is 0.545 e. The van der Waals surface area contributed by atoms with Gasteiger partial charge >= 0.3 is 0 Å². The highest BCUT2D eigenvalue weighted by Gasteiger charge is 2.20. The fourth-order valence-electron chi connectivity index (χ4n) is 3.29. The minimum atomic E-state index is -4.14. The number of carboxylic acid groups (broad SMARTS) is 1. The van der Waals surface area contributed by atoms with Gasteiger partial charge in [-0.15, -0.1) is 0 Å². The smallest absolute Gasteiger partial charge is 0.263 e. The molecule has 0 spiro atoms. The van der Waals surface area contributed by atoms with Crippen molar-refractivity contribution >= 4 is 27.4 Å². The van der Waals surface area contributed by atoms with Crippen LogP contribution in [0.2, 0.25) is 0 Å². The zero-order chi connectivity index (χ0) is 24.7. The van der Waals surface area contributed by atoms with Gasteiger partial charge in [0.2, 0.25) is 0 Å². The first-order valence-electron chi connectivity index (χ1n) is 10.2. The van der Waals surface area contributed by atoms with Gasteiger partial charge in [0.25, 0.3) is 10.0 Å². The van der Waals surface area contributed by atoms with E-state index in [0.29, 0.717) is 30.2 Å². The van der Waals surface area contributed by atoms with Gasteiger partial charge in [0.05, 0.1) is 38.7 Å². The number of hydrogen-bond acceptors (Lipinski definition) is 8. The molecule has 0 amide bonds. The molecule has 0 unspecified atom stereocenters. The number of benzene rings is 3. The lowest BCUT2D eigenvalue weighted by atomic mass is 10.1. The van der Waals surface area contributed by atoms with Crippen molar-refractivity contribution in [1.29, 1.82) is 0 Å². The summed E-state index contributed by atoms with van der Waals surface area (Å²) in [5.41, 5.74) is 1.21. The van der Waals surface area contributed by atoms with Crippen molar-refractivity contribution in [1.82, 2.24) is 0 Å². The molecule has 3 aromatic rings. The lowest BCUT2D eigenvalue weighted by Gasteiger charge is -2.16. The van der Waals surface area contributed by atoms with Gasteiger partial charge in [-0.05, 0) is 53.9 Å². The van der Waals surface area contributed by atoms with E-state index < -0.39 is 16.0 Å². The number of rotatable bonds is 11. The van der Waals surface area contributed by atoms with Crippen LogP contribution in [-0.2, 0) is 16.4 Å². The van der Waals surface area contributed by atoms with Crippen LogP contribution in [0.4, 0.5) is 11.4 Å². The number of hydrogen-bond donors (Lipinski definition) is 2. The molecule has 2 N–H and O–H groups in total. The number of carbonyl (C=O) groups is 1. The van der Waals surface area contributed by atoms with E-state index in [1.165, 1.54) is 25.3 Å². The SMILES string of the molecule is COc1cccc(NS(=O)(=O)c2cc(C(=O)[O-])ccc2NCCc2ccc(OC)c(OC)c2)c1. The van der Waals surface area contributed by atoms with Crippen molar-refractivity contribution < 1.29 is 32.5 Å². The molecule has 180 valence electrons. The number of carboxylic acids is 1. The molecular formula is C24H25N2O7S-. The normalized spacial score (nSPS) is 10.9. The van der Waals surface area contributed by atoms with Crippen molar-refractivity contribution in [2.24, 2.45) is 0 Å². The lowest BCUT2D eigenvalue weighted by Crippen LogP contribution is -2.23. The zero-order valence-corrected chi connectivity index (χ0v) is 19.8. The summed E-state index contributed by atoms with van der Waals surface area (Å²) in [5.74, 6) is 0.185. The Morgan fingerprint density at radius 1 is 0.912 bits per heavy atom. The number of ether oxygens (including phenoxy) is 3. The van der Waals surface area contributed by atoms with E-state index in [1.807, 2.05) is 12.1 Å². The third-order valence-electron chi connectivity index (χ3n) is 5.01. The fraction of sp³-hybridized carbons (Fsp3) is 0.208. The topological polar surface area (TPSA) is 126 Å². The van der Waals surface area contributed by atoms with Gasteiger partial charge in [0.15, 0.2) is 11.5 Å². The van der Waals surface area contributed by atoms with Gasteiger partial charge in [-0.1, -0.05) is 18.2 Å². The average molecular weight is 486 g/mol. The third kappa shape index (κ3) is 5.90. The van der Waals surface area contributed by atoms with Crippen molar-refractivity contribution in [2.75, 3.05) is 37.9 Å². The van der Waals surface area contributed by atoms with E-state index in [9.17, 15) is 18.3 Å². The summed E-state index contributed by atoms with van der Waals surface area (Å²) in [5, 5.41) is 14.4. The molecule has 3 aromatic carbocycles.